The number of likely N-dealkylation sites (tertiary alicyclic amines) is 1. The minimum Gasteiger partial charge on any atom is -0.357 e. The number of amides is 1. The predicted molar refractivity (Wildman–Crippen MR) is 108 cm³/mol. The van der Waals surface area contributed by atoms with E-state index in [-0.39, 0.29) is 29.5 Å². The van der Waals surface area contributed by atoms with E-state index >= 15 is 0 Å². The highest BCUT2D eigenvalue weighted by atomic mass is 127. The molecule has 0 aromatic rings. The molecule has 0 spiro atoms. The number of carbonyl (C=O) groups excluding carboxylic acids is 1. The van der Waals surface area contributed by atoms with Gasteiger partial charge in [0, 0.05) is 51.2 Å². The van der Waals surface area contributed by atoms with E-state index in [2.05, 4.69) is 48.6 Å². The summed E-state index contributed by atoms with van der Waals surface area (Å²) in [5, 5.41) is 10.0. The SMILES string of the molecule is CCNC(=NCCCN1CCCC1=O)NCCNC(C)(C)C.I. The molecule has 0 aliphatic carbocycles. The number of hydrogen-bond donors (Lipinski definition) is 3. The smallest absolute Gasteiger partial charge is 0.222 e. The van der Waals surface area contributed by atoms with Crippen LogP contribution in [0.1, 0.15) is 47.0 Å². The van der Waals surface area contributed by atoms with E-state index in [1.807, 2.05) is 4.90 Å². The molecule has 3 N–H and O–H groups in total. The van der Waals surface area contributed by atoms with E-state index < -0.39 is 0 Å². The van der Waals surface area contributed by atoms with Gasteiger partial charge >= 0.3 is 0 Å². The number of hydrogen-bond acceptors (Lipinski definition) is 3. The lowest BCUT2D eigenvalue weighted by Crippen LogP contribution is -2.44. The van der Waals surface area contributed by atoms with Crippen LogP contribution in [-0.4, -0.2) is 61.6 Å². The lowest BCUT2D eigenvalue weighted by atomic mass is 10.1. The molecule has 0 aromatic carbocycles. The minimum atomic E-state index is 0. The molecule has 23 heavy (non-hydrogen) atoms. The number of aliphatic imine (C=N–C) groups is 1. The van der Waals surface area contributed by atoms with Crippen LogP contribution in [0.2, 0.25) is 0 Å². The van der Waals surface area contributed by atoms with E-state index in [9.17, 15) is 4.79 Å². The molecule has 0 atom stereocenters. The molecule has 1 amide bonds. The fraction of sp³-hybridized carbons (Fsp3) is 0.875. The van der Waals surface area contributed by atoms with Gasteiger partial charge in [0.25, 0.3) is 0 Å². The van der Waals surface area contributed by atoms with Gasteiger partial charge in [0.15, 0.2) is 5.96 Å². The molecule has 1 saturated heterocycles. The third-order valence-electron chi connectivity index (χ3n) is 3.44. The van der Waals surface area contributed by atoms with Gasteiger partial charge in [-0.3, -0.25) is 9.79 Å². The van der Waals surface area contributed by atoms with Gasteiger partial charge in [0.1, 0.15) is 0 Å². The zero-order valence-corrected chi connectivity index (χ0v) is 17.4. The Morgan fingerprint density at radius 3 is 2.57 bits per heavy atom. The van der Waals surface area contributed by atoms with Crippen molar-refractivity contribution in [1.29, 1.82) is 0 Å². The summed E-state index contributed by atoms with van der Waals surface area (Å²) in [6.45, 7) is 13.6. The quantitative estimate of drug-likeness (QED) is 0.233. The molecule has 136 valence electrons. The normalized spacial score (nSPS) is 15.6. The van der Waals surface area contributed by atoms with E-state index in [4.69, 9.17) is 0 Å². The first kappa shape index (κ1) is 22.4. The Kier molecular flexibility index (Phi) is 11.6. The maximum Gasteiger partial charge on any atom is 0.222 e. The van der Waals surface area contributed by atoms with Crippen LogP contribution in [0.4, 0.5) is 0 Å². The van der Waals surface area contributed by atoms with Gasteiger partial charge in [-0.1, -0.05) is 0 Å². The van der Waals surface area contributed by atoms with Crippen LogP contribution >= 0.6 is 24.0 Å². The Bertz CT molecular complexity index is 368. The van der Waals surface area contributed by atoms with Crippen molar-refractivity contribution < 1.29 is 4.79 Å². The summed E-state index contributed by atoms with van der Waals surface area (Å²) in [7, 11) is 0. The Balaban J connectivity index is 0.00000484. The highest BCUT2D eigenvalue weighted by molar-refractivity contribution is 14.0. The molecule has 7 heteroatoms. The van der Waals surface area contributed by atoms with E-state index in [1.165, 1.54) is 0 Å². The first-order chi connectivity index (χ1) is 10.4. The number of halogens is 1. The van der Waals surface area contributed by atoms with Crippen LogP contribution in [-0.2, 0) is 4.79 Å². The number of carbonyl (C=O) groups is 1. The van der Waals surface area contributed by atoms with Gasteiger partial charge < -0.3 is 20.9 Å². The fourth-order valence-electron chi connectivity index (χ4n) is 2.35. The van der Waals surface area contributed by atoms with Crippen molar-refractivity contribution >= 4 is 35.8 Å². The van der Waals surface area contributed by atoms with Crippen LogP contribution in [0.3, 0.4) is 0 Å². The topological polar surface area (TPSA) is 68.8 Å². The molecule has 0 unspecified atom stereocenters. The third kappa shape index (κ3) is 10.8. The van der Waals surface area contributed by atoms with Crippen LogP contribution in [0.5, 0.6) is 0 Å². The highest BCUT2D eigenvalue weighted by Gasteiger charge is 2.18. The van der Waals surface area contributed by atoms with E-state index in [0.717, 1.165) is 58.1 Å². The standard InChI is InChI=1S/C16H33N5O.HI/c1-5-17-15(19-10-11-20-16(2,3)4)18-9-7-13-21-12-6-8-14(21)22;/h20H,5-13H2,1-4H3,(H2,17,18,19);1H. The van der Waals surface area contributed by atoms with E-state index in [1.54, 1.807) is 0 Å². The zero-order valence-electron chi connectivity index (χ0n) is 15.1. The lowest BCUT2D eigenvalue weighted by molar-refractivity contribution is -0.127. The molecular formula is C16H34IN5O. The zero-order chi connectivity index (χ0) is 16.4. The van der Waals surface area contributed by atoms with Gasteiger partial charge in [-0.05, 0) is 40.5 Å². The second-order valence-electron chi connectivity index (χ2n) is 6.70. The molecule has 1 heterocycles. The molecule has 1 aliphatic rings. The third-order valence-corrected chi connectivity index (χ3v) is 3.44. The minimum absolute atomic E-state index is 0. The van der Waals surface area contributed by atoms with Crippen molar-refractivity contribution in [1.82, 2.24) is 20.9 Å². The van der Waals surface area contributed by atoms with Crippen molar-refractivity contribution in [3.8, 4) is 0 Å². The molecule has 0 aromatic heterocycles. The first-order valence-corrected chi connectivity index (χ1v) is 8.47. The Morgan fingerprint density at radius 2 is 2.00 bits per heavy atom. The Hall–Kier alpha value is -0.570. The summed E-state index contributed by atoms with van der Waals surface area (Å²) in [5.41, 5.74) is 0.138. The Morgan fingerprint density at radius 1 is 1.26 bits per heavy atom. The van der Waals surface area contributed by atoms with Crippen molar-refractivity contribution in [2.45, 2.75) is 52.5 Å². The van der Waals surface area contributed by atoms with Crippen LogP contribution < -0.4 is 16.0 Å². The average Bonchev–Trinajstić information content (AvgIpc) is 2.84. The van der Waals surface area contributed by atoms with Crippen molar-refractivity contribution in [2.75, 3.05) is 39.3 Å². The molecule has 0 radical (unpaired) electrons. The molecule has 6 nitrogen and oxygen atoms in total. The predicted octanol–water partition coefficient (Wildman–Crippen LogP) is 1.56. The molecular weight excluding hydrogens is 405 g/mol. The number of nitrogens with one attached hydrogen (secondary N) is 3. The van der Waals surface area contributed by atoms with Crippen LogP contribution in [0.15, 0.2) is 4.99 Å². The van der Waals surface area contributed by atoms with Crippen LogP contribution in [0, 0.1) is 0 Å². The first-order valence-electron chi connectivity index (χ1n) is 8.47. The summed E-state index contributed by atoms with van der Waals surface area (Å²) in [4.78, 5) is 18.0. The van der Waals surface area contributed by atoms with Crippen LogP contribution in [0.25, 0.3) is 0 Å². The maximum absolute atomic E-state index is 11.5. The second kappa shape index (κ2) is 11.9. The highest BCUT2D eigenvalue weighted by Crippen LogP contribution is 2.09. The molecule has 0 bridgehead atoms. The second-order valence-corrected chi connectivity index (χ2v) is 6.70. The molecule has 1 fully saturated rings. The lowest BCUT2D eigenvalue weighted by Gasteiger charge is -2.21. The fourth-order valence-corrected chi connectivity index (χ4v) is 2.35. The molecule has 1 rings (SSSR count). The average molecular weight is 439 g/mol. The summed E-state index contributed by atoms with van der Waals surface area (Å²) < 4.78 is 0. The number of rotatable bonds is 8. The van der Waals surface area contributed by atoms with Gasteiger partial charge in [-0.25, -0.2) is 0 Å². The number of guanidine groups is 1. The summed E-state index contributed by atoms with van der Waals surface area (Å²) >= 11 is 0. The monoisotopic (exact) mass is 439 g/mol. The van der Waals surface area contributed by atoms with Crippen molar-refractivity contribution in [3.05, 3.63) is 0 Å². The molecule has 1 aliphatic heterocycles. The Labute approximate surface area is 158 Å². The van der Waals surface area contributed by atoms with Gasteiger partial charge in [0.05, 0.1) is 0 Å². The summed E-state index contributed by atoms with van der Waals surface area (Å²) in [5.74, 6) is 1.15. The maximum atomic E-state index is 11.5. The van der Waals surface area contributed by atoms with Crippen molar-refractivity contribution in [3.63, 3.8) is 0 Å². The van der Waals surface area contributed by atoms with Gasteiger partial charge in [0.2, 0.25) is 5.91 Å². The number of nitrogens with zero attached hydrogens (tertiary/aromatic N) is 2. The van der Waals surface area contributed by atoms with E-state index in [0.29, 0.717) is 12.3 Å². The van der Waals surface area contributed by atoms with Gasteiger partial charge in [-0.15, -0.1) is 24.0 Å². The largest absolute Gasteiger partial charge is 0.357 e. The van der Waals surface area contributed by atoms with Gasteiger partial charge in [-0.2, -0.15) is 0 Å². The molecule has 0 saturated carbocycles. The summed E-state index contributed by atoms with van der Waals surface area (Å²) in [6.07, 6.45) is 2.64. The summed E-state index contributed by atoms with van der Waals surface area (Å²) in [6, 6.07) is 0. The van der Waals surface area contributed by atoms with Crippen molar-refractivity contribution in [2.24, 2.45) is 4.99 Å².